The predicted molar refractivity (Wildman–Crippen MR) is 89.2 cm³/mol. The first kappa shape index (κ1) is 14.2. The van der Waals surface area contributed by atoms with Crippen LogP contribution in [0.5, 0.6) is 0 Å². The summed E-state index contributed by atoms with van der Waals surface area (Å²) in [7, 11) is 0. The van der Waals surface area contributed by atoms with E-state index in [1.165, 1.54) is 24.0 Å². The minimum absolute atomic E-state index is 0.785. The Morgan fingerprint density at radius 3 is 2.67 bits per heavy atom. The summed E-state index contributed by atoms with van der Waals surface area (Å²) in [5.74, 6) is 1.08. The lowest BCUT2D eigenvalue weighted by Crippen LogP contribution is -2.18. The Balaban J connectivity index is 1.62. The molecule has 0 atom stereocenters. The zero-order valence-corrected chi connectivity index (χ0v) is 13.0. The van der Waals surface area contributed by atoms with Gasteiger partial charge in [0.25, 0.3) is 0 Å². The Hall–Kier alpha value is -1.74. The minimum atomic E-state index is 0.785. The van der Waals surface area contributed by atoms with Crippen LogP contribution < -0.4 is 10.2 Å². The highest BCUT2D eigenvalue weighted by molar-refractivity contribution is 6.30. The van der Waals surface area contributed by atoms with Crippen molar-refractivity contribution in [1.82, 2.24) is 4.98 Å². The standard InChI is InChI=1S/C17H20ClN3/c1-13-10-15(18)5-4-14(13)11-19-16-6-7-17(20-12-16)21-8-2-3-9-21/h4-7,10,12,19H,2-3,8-9,11H2,1H3. The fourth-order valence-corrected chi connectivity index (χ4v) is 2.91. The summed E-state index contributed by atoms with van der Waals surface area (Å²) in [5.41, 5.74) is 3.51. The molecule has 0 unspecified atom stereocenters. The summed E-state index contributed by atoms with van der Waals surface area (Å²) >= 11 is 5.98. The van der Waals surface area contributed by atoms with Gasteiger partial charge in [-0.2, -0.15) is 0 Å². The lowest BCUT2D eigenvalue weighted by atomic mass is 10.1. The van der Waals surface area contributed by atoms with Gasteiger partial charge in [0.15, 0.2) is 0 Å². The maximum Gasteiger partial charge on any atom is 0.128 e. The summed E-state index contributed by atoms with van der Waals surface area (Å²) < 4.78 is 0. The number of nitrogens with zero attached hydrogens (tertiary/aromatic N) is 2. The van der Waals surface area contributed by atoms with Crippen LogP contribution >= 0.6 is 11.6 Å². The van der Waals surface area contributed by atoms with Crippen LogP contribution in [-0.4, -0.2) is 18.1 Å². The van der Waals surface area contributed by atoms with Gasteiger partial charge in [-0.05, 0) is 55.2 Å². The summed E-state index contributed by atoms with van der Waals surface area (Å²) in [6, 6.07) is 10.2. The largest absolute Gasteiger partial charge is 0.380 e. The molecule has 1 N–H and O–H groups in total. The van der Waals surface area contributed by atoms with Crippen LogP contribution in [0.3, 0.4) is 0 Å². The lowest BCUT2D eigenvalue weighted by molar-refractivity contribution is 0.937. The molecule has 0 radical (unpaired) electrons. The van der Waals surface area contributed by atoms with E-state index in [9.17, 15) is 0 Å². The van der Waals surface area contributed by atoms with Gasteiger partial charge in [-0.25, -0.2) is 4.98 Å². The number of nitrogens with one attached hydrogen (secondary N) is 1. The first-order valence-corrected chi connectivity index (χ1v) is 7.80. The van der Waals surface area contributed by atoms with Crippen LogP contribution in [0.15, 0.2) is 36.5 Å². The van der Waals surface area contributed by atoms with E-state index in [1.54, 1.807) is 0 Å². The van der Waals surface area contributed by atoms with Crippen molar-refractivity contribution in [2.75, 3.05) is 23.3 Å². The summed E-state index contributed by atoms with van der Waals surface area (Å²) in [6.07, 6.45) is 4.47. The molecule has 0 amide bonds. The van der Waals surface area contributed by atoms with E-state index in [4.69, 9.17) is 11.6 Å². The predicted octanol–water partition coefficient (Wildman–Crippen LogP) is 4.26. The van der Waals surface area contributed by atoms with Crippen molar-refractivity contribution in [3.63, 3.8) is 0 Å². The van der Waals surface area contributed by atoms with E-state index >= 15 is 0 Å². The van der Waals surface area contributed by atoms with Gasteiger partial charge in [0.2, 0.25) is 0 Å². The van der Waals surface area contributed by atoms with Crippen LogP contribution in [0.4, 0.5) is 11.5 Å². The van der Waals surface area contributed by atoms with Gasteiger partial charge < -0.3 is 10.2 Å². The highest BCUT2D eigenvalue weighted by atomic mass is 35.5. The monoisotopic (exact) mass is 301 g/mol. The molecule has 3 rings (SSSR count). The molecule has 110 valence electrons. The van der Waals surface area contributed by atoms with Crippen molar-refractivity contribution in [1.29, 1.82) is 0 Å². The molecule has 1 aromatic carbocycles. The van der Waals surface area contributed by atoms with Crippen LogP contribution in [-0.2, 0) is 6.54 Å². The van der Waals surface area contributed by atoms with Crippen molar-refractivity contribution in [3.05, 3.63) is 52.7 Å². The molecule has 3 nitrogen and oxygen atoms in total. The van der Waals surface area contributed by atoms with E-state index in [0.717, 1.165) is 36.2 Å². The maximum atomic E-state index is 5.98. The topological polar surface area (TPSA) is 28.2 Å². The number of pyridine rings is 1. The molecular weight excluding hydrogens is 282 g/mol. The van der Waals surface area contributed by atoms with Crippen LogP contribution in [0.2, 0.25) is 5.02 Å². The van der Waals surface area contributed by atoms with Gasteiger partial charge in [-0.15, -0.1) is 0 Å². The second-order valence-electron chi connectivity index (χ2n) is 5.52. The average molecular weight is 302 g/mol. The molecule has 0 bridgehead atoms. The average Bonchev–Trinajstić information content (AvgIpc) is 3.01. The van der Waals surface area contributed by atoms with Crippen molar-refractivity contribution in [2.24, 2.45) is 0 Å². The quantitative estimate of drug-likeness (QED) is 0.915. The molecule has 1 saturated heterocycles. The highest BCUT2D eigenvalue weighted by Crippen LogP contribution is 2.20. The minimum Gasteiger partial charge on any atom is -0.380 e. The molecule has 2 heterocycles. The first-order valence-electron chi connectivity index (χ1n) is 7.42. The van der Waals surface area contributed by atoms with Gasteiger partial charge >= 0.3 is 0 Å². The number of rotatable bonds is 4. The van der Waals surface area contributed by atoms with Crippen LogP contribution in [0.1, 0.15) is 24.0 Å². The lowest BCUT2D eigenvalue weighted by Gasteiger charge is -2.16. The molecule has 21 heavy (non-hydrogen) atoms. The van der Waals surface area contributed by atoms with E-state index in [0.29, 0.717) is 0 Å². The number of aromatic nitrogens is 1. The van der Waals surface area contributed by atoms with Crippen molar-refractivity contribution >= 4 is 23.1 Å². The fraction of sp³-hybridized carbons (Fsp3) is 0.353. The Bertz CT molecular complexity index is 604. The van der Waals surface area contributed by atoms with Crippen LogP contribution in [0, 0.1) is 6.92 Å². The Labute approximate surface area is 131 Å². The number of hydrogen-bond donors (Lipinski definition) is 1. The zero-order valence-electron chi connectivity index (χ0n) is 12.3. The smallest absolute Gasteiger partial charge is 0.128 e. The SMILES string of the molecule is Cc1cc(Cl)ccc1CNc1ccc(N2CCCC2)nc1. The normalized spacial score (nSPS) is 14.5. The molecule has 0 saturated carbocycles. The molecule has 1 aliphatic heterocycles. The Morgan fingerprint density at radius 1 is 1.19 bits per heavy atom. The summed E-state index contributed by atoms with van der Waals surface area (Å²) in [4.78, 5) is 6.89. The second-order valence-corrected chi connectivity index (χ2v) is 5.96. The second kappa shape index (κ2) is 6.35. The third kappa shape index (κ3) is 3.48. The van der Waals surface area contributed by atoms with Gasteiger partial charge in [-0.1, -0.05) is 17.7 Å². The number of aryl methyl sites for hydroxylation is 1. The summed E-state index contributed by atoms with van der Waals surface area (Å²) in [5, 5.41) is 4.20. The Kier molecular flexibility index (Phi) is 4.30. The Morgan fingerprint density at radius 2 is 2.00 bits per heavy atom. The number of anilines is 2. The molecule has 4 heteroatoms. The van der Waals surface area contributed by atoms with E-state index in [1.807, 2.05) is 18.3 Å². The van der Waals surface area contributed by atoms with Crippen molar-refractivity contribution in [2.45, 2.75) is 26.3 Å². The van der Waals surface area contributed by atoms with Crippen molar-refractivity contribution in [3.8, 4) is 0 Å². The number of halogens is 1. The number of benzene rings is 1. The third-order valence-electron chi connectivity index (χ3n) is 3.97. The molecule has 0 spiro atoms. The van der Waals surface area contributed by atoms with Crippen molar-refractivity contribution < 1.29 is 0 Å². The summed E-state index contributed by atoms with van der Waals surface area (Å²) in [6.45, 7) is 5.12. The van der Waals surface area contributed by atoms with E-state index in [2.05, 4.69) is 40.3 Å². The van der Waals surface area contributed by atoms with Crippen LogP contribution in [0.25, 0.3) is 0 Å². The molecule has 1 aliphatic rings. The zero-order chi connectivity index (χ0) is 14.7. The van der Waals surface area contributed by atoms with Gasteiger partial charge in [0.05, 0.1) is 11.9 Å². The fourth-order valence-electron chi connectivity index (χ4n) is 2.68. The van der Waals surface area contributed by atoms with E-state index in [-0.39, 0.29) is 0 Å². The molecule has 1 fully saturated rings. The highest BCUT2D eigenvalue weighted by Gasteiger charge is 2.12. The maximum absolute atomic E-state index is 5.98. The van der Waals surface area contributed by atoms with Gasteiger partial charge in [-0.3, -0.25) is 0 Å². The number of hydrogen-bond acceptors (Lipinski definition) is 3. The van der Waals surface area contributed by atoms with E-state index < -0.39 is 0 Å². The van der Waals surface area contributed by atoms with Gasteiger partial charge in [0, 0.05) is 24.7 Å². The molecular formula is C17H20ClN3. The molecule has 0 aliphatic carbocycles. The molecule has 1 aromatic heterocycles. The molecule has 2 aromatic rings. The first-order chi connectivity index (χ1) is 10.2. The third-order valence-corrected chi connectivity index (χ3v) is 4.20. The van der Waals surface area contributed by atoms with Gasteiger partial charge in [0.1, 0.15) is 5.82 Å².